The summed E-state index contributed by atoms with van der Waals surface area (Å²) >= 11 is 0. The number of H-pyrrole nitrogens is 1. The molecule has 0 aliphatic carbocycles. The van der Waals surface area contributed by atoms with E-state index in [1.165, 1.54) is 11.6 Å². The second-order valence-corrected chi connectivity index (χ2v) is 8.15. The summed E-state index contributed by atoms with van der Waals surface area (Å²) in [5, 5.41) is 3.24. The number of hydrogen-bond donors (Lipinski definition) is 1. The van der Waals surface area contributed by atoms with Gasteiger partial charge >= 0.3 is 0 Å². The summed E-state index contributed by atoms with van der Waals surface area (Å²) in [5.74, 6) is 0.382. The third-order valence-corrected chi connectivity index (χ3v) is 6.16. The van der Waals surface area contributed by atoms with Crippen molar-refractivity contribution in [3.8, 4) is 0 Å². The quantitative estimate of drug-likeness (QED) is 0.787. The molecule has 2 aromatic heterocycles. The van der Waals surface area contributed by atoms with Crippen molar-refractivity contribution < 1.29 is 14.3 Å². The van der Waals surface area contributed by atoms with E-state index in [1.807, 2.05) is 17.9 Å². The minimum absolute atomic E-state index is 0.0142. The summed E-state index contributed by atoms with van der Waals surface area (Å²) in [4.78, 5) is 45.6. The van der Waals surface area contributed by atoms with Crippen molar-refractivity contribution in [1.82, 2.24) is 24.4 Å². The number of rotatable bonds is 5. The van der Waals surface area contributed by atoms with Gasteiger partial charge in [-0.2, -0.15) is 0 Å². The van der Waals surface area contributed by atoms with Gasteiger partial charge in [-0.15, -0.1) is 0 Å². The van der Waals surface area contributed by atoms with Crippen molar-refractivity contribution in [2.75, 3.05) is 33.4 Å². The van der Waals surface area contributed by atoms with Gasteiger partial charge in [-0.05, 0) is 25.7 Å². The van der Waals surface area contributed by atoms with E-state index in [0.29, 0.717) is 55.9 Å². The van der Waals surface area contributed by atoms with E-state index in [9.17, 15) is 14.4 Å². The maximum Gasteiger partial charge on any atom is 0.276 e. The van der Waals surface area contributed by atoms with Crippen LogP contribution in [0.4, 0.5) is 0 Å². The third kappa shape index (κ3) is 3.86. The molecule has 0 spiro atoms. The first-order valence-electron chi connectivity index (χ1n) is 10.7. The van der Waals surface area contributed by atoms with Gasteiger partial charge in [0, 0.05) is 56.4 Å². The molecule has 0 unspecified atom stereocenters. The maximum absolute atomic E-state index is 13.0. The van der Waals surface area contributed by atoms with Crippen LogP contribution in [0.5, 0.6) is 0 Å². The summed E-state index contributed by atoms with van der Waals surface area (Å²) in [6.45, 7) is 4.42. The van der Waals surface area contributed by atoms with Crippen molar-refractivity contribution in [1.29, 1.82) is 0 Å². The van der Waals surface area contributed by atoms with Gasteiger partial charge in [0.1, 0.15) is 6.61 Å². The fourth-order valence-electron chi connectivity index (χ4n) is 4.46. The zero-order valence-electron chi connectivity index (χ0n) is 17.6. The molecule has 0 atom stereocenters. The van der Waals surface area contributed by atoms with Crippen LogP contribution in [-0.4, -0.2) is 69.6 Å². The van der Waals surface area contributed by atoms with Gasteiger partial charge in [-0.1, -0.05) is 6.92 Å². The van der Waals surface area contributed by atoms with Crippen LogP contribution in [0.3, 0.4) is 0 Å². The minimum Gasteiger partial charge on any atom is -0.375 e. The molecule has 0 radical (unpaired) electrons. The molecule has 2 aromatic rings. The first-order valence-corrected chi connectivity index (χ1v) is 10.7. The average molecular weight is 415 g/mol. The predicted octanol–water partition coefficient (Wildman–Crippen LogP) is 1.06. The smallest absolute Gasteiger partial charge is 0.276 e. The minimum atomic E-state index is -0.0726. The lowest BCUT2D eigenvalue weighted by atomic mass is 9.93. The van der Waals surface area contributed by atoms with E-state index >= 15 is 0 Å². The van der Waals surface area contributed by atoms with Gasteiger partial charge in [0.05, 0.1) is 12.2 Å². The molecule has 0 saturated carbocycles. The SMILES string of the molecule is CCCC(=O)N1CCc2c(nc3cc(C4CCN(C(=O)COC)CC4)[nH]n3c2=O)C1. The largest absolute Gasteiger partial charge is 0.375 e. The second-order valence-electron chi connectivity index (χ2n) is 8.15. The lowest BCUT2D eigenvalue weighted by Gasteiger charge is -2.31. The second kappa shape index (κ2) is 8.59. The van der Waals surface area contributed by atoms with Gasteiger partial charge in [0.2, 0.25) is 11.8 Å². The molecule has 0 bridgehead atoms. The molecule has 2 aliphatic heterocycles. The van der Waals surface area contributed by atoms with Gasteiger partial charge < -0.3 is 14.5 Å². The molecule has 30 heavy (non-hydrogen) atoms. The van der Waals surface area contributed by atoms with E-state index in [4.69, 9.17) is 9.72 Å². The number of fused-ring (bicyclic) bond motifs is 2. The Morgan fingerprint density at radius 2 is 1.97 bits per heavy atom. The normalized spacial score (nSPS) is 17.4. The van der Waals surface area contributed by atoms with Crippen molar-refractivity contribution in [3.63, 3.8) is 0 Å². The van der Waals surface area contributed by atoms with E-state index in [0.717, 1.165) is 25.0 Å². The van der Waals surface area contributed by atoms with E-state index in [-0.39, 0.29) is 29.9 Å². The Morgan fingerprint density at radius 1 is 1.20 bits per heavy atom. The standard InChI is InChI=1S/C21H29N5O4/c1-3-4-19(27)25-10-7-15-17(12-25)22-18-11-16(23-26(18)21(15)29)14-5-8-24(9-6-14)20(28)13-30-2/h11,14,23H,3-10,12-13H2,1-2H3. The summed E-state index contributed by atoms with van der Waals surface area (Å²) in [6.07, 6.45) is 3.53. The lowest BCUT2D eigenvalue weighted by molar-refractivity contribution is -0.136. The number of carbonyl (C=O) groups is 2. The molecule has 4 heterocycles. The fraction of sp³-hybridized carbons (Fsp3) is 0.619. The average Bonchev–Trinajstić information content (AvgIpc) is 3.18. The van der Waals surface area contributed by atoms with Crippen molar-refractivity contribution in [2.24, 2.45) is 0 Å². The molecule has 162 valence electrons. The highest BCUT2D eigenvalue weighted by Crippen LogP contribution is 2.28. The highest BCUT2D eigenvalue weighted by molar-refractivity contribution is 5.77. The first kappa shape index (κ1) is 20.6. The van der Waals surface area contributed by atoms with Crippen molar-refractivity contribution >= 4 is 17.5 Å². The molecule has 1 fully saturated rings. The molecular weight excluding hydrogens is 386 g/mol. The highest BCUT2D eigenvalue weighted by Gasteiger charge is 2.27. The Morgan fingerprint density at radius 3 is 2.67 bits per heavy atom. The van der Waals surface area contributed by atoms with Crippen LogP contribution in [0, 0.1) is 0 Å². The fourth-order valence-corrected chi connectivity index (χ4v) is 4.46. The van der Waals surface area contributed by atoms with Crippen molar-refractivity contribution in [2.45, 2.75) is 51.5 Å². The number of hydrogen-bond acceptors (Lipinski definition) is 5. The van der Waals surface area contributed by atoms with Crippen LogP contribution >= 0.6 is 0 Å². The summed E-state index contributed by atoms with van der Waals surface area (Å²) in [6, 6.07) is 1.94. The molecule has 2 amide bonds. The van der Waals surface area contributed by atoms with E-state index < -0.39 is 0 Å². The lowest BCUT2D eigenvalue weighted by Crippen LogP contribution is -2.40. The van der Waals surface area contributed by atoms with Crippen LogP contribution in [0.1, 0.15) is 55.5 Å². The number of carbonyl (C=O) groups excluding carboxylic acids is 2. The van der Waals surface area contributed by atoms with Gasteiger partial charge in [0.15, 0.2) is 5.65 Å². The maximum atomic E-state index is 13.0. The number of likely N-dealkylation sites (tertiary alicyclic amines) is 1. The molecule has 0 aromatic carbocycles. The zero-order chi connectivity index (χ0) is 21.3. The number of nitrogens with zero attached hydrogens (tertiary/aromatic N) is 4. The Labute approximate surface area is 175 Å². The molecule has 1 saturated heterocycles. The molecule has 9 nitrogen and oxygen atoms in total. The molecular formula is C21H29N5O4. The van der Waals surface area contributed by atoms with Gasteiger partial charge in [-0.3, -0.25) is 19.5 Å². The molecule has 9 heteroatoms. The number of ether oxygens (including phenoxy) is 1. The zero-order valence-corrected chi connectivity index (χ0v) is 17.6. The van der Waals surface area contributed by atoms with E-state index in [1.54, 1.807) is 4.90 Å². The van der Waals surface area contributed by atoms with Crippen LogP contribution in [0.15, 0.2) is 10.9 Å². The van der Waals surface area contributed by atoms with E-state index in [2.05, 4.69) is 5.10 Å². The number of methoxy groups -OCH3 is 1. The number of nitrogens with one attached hydrogen (secondary N) is 1. The number of piperidine rings is 1. The van der Waals surface area contributed by atoms with Crippen LogP contribution in [0.25, 0.3) is 5.65 Å². The Kier molecular flexibility index (Phi) is 5.90. The molecule has 1 N–H and O–H groups in total. The Hall–Kier alpha value is -2.68. The number of aromatic nitrogens is 3. The summed E-state index contributed by atoms with van der Waals surface area (Å²) in [7, 11) is 1.53. The Balaban J connectivity index is 1.53. The topological polar surface area (TPSA) is 100 Å². The highest BCUT2D eigenvalue weighted by atomic mass is 16.5. The van der Waals surface area contributed by atoms with Crippen LogP contribution < -0.4 is 5.56 Å². The first-order chi connectivity index (χ1) is 14.5. The molecule has 2 aliphatic rings. The van der Waals surface area contributed by atoms with Crippen molar-refractivity contribution in [3.05, 3.63) is 33.4 Å². The third-order valence-electron chi connectivity index (χ3n) is 6.16. The van der Waals surface area contributed by atoms with Crippen LogP contribution in [0.2, 0.25) is 0 Å². The Bertz CT molecular complexity index is 1000. The monoisotopic (exact) mass is 415 g/mol. The van der Waals surface area contributed by atoms with Gasteiger partial charge in [0.25, 0.3) is 5.56 Å². The predicted molar refractivity (Wildman–Crippen MR) is 110 cm³/mol. The summed E-state index contributed by atoms with van der Waals surface area (Å²) in [5.41, 5.74) is 2.90. The molecule has 4 rings (SSSR count). The number of amides is 2. The van der Waals surface area contributed by atoms with Crippen LogP contribution in [-0.2, 0) is 27.3 Å². The van der Waals surface area contributed by atoms with Gasteiger partial charge in [-0.25, -0.2) is 9.50 Å². The number of aromatic amines is 1. The summed E-state index contributed by atoms with van der Waals surface area (Å²) < 4.78 is 6.47.